The Balaban J connectivity index is 0.00000204. The molecule has 6 aliphatic rings. The molecule has 6 rings (SSSR count). The first kappa shape index (κ1) is 23.6. The van der Waals surface area contributed by atoms with Gasteiger partial charge in [-0.2, -0.15) is 11.8 Å². The average Bonchev–Trinajstić information content (AvgIpc) is 3.01. The van der Waals surface area contributed by atoms with Crippen LogP contribution in [0, 0.1) is 69.0 Å². The fourth-order valence-electron chi connectivity index (χ4n) is 12.1. The summed E-state index contributed by atoms with van der Waals surface area (Å²) in [5.74, 6) is 5.49. The summed E-state index contributed by atoms with van der Waals surface area (Å²) in [4.78, 5) is 0. The van der Waals surface area contributed by atoms with Crippen molar-refractivity contribution in [1.29, 1.82) is 0 Å². The first-order valence-electron chi connectivity index (χ1n) is 13.5. The third-order valence-electron chi connectivity index (χ3n) is 13.6. The molecular weight excluding hydrogens is 449 g/mol. The minimum absolute atomic E-state index is 0. The molecule has 10 atom stereocenters. The van der Waals surface area contributed by atoms with Gasteiger partial charge in [0.25, 0.3) is 0 Å². The van der Waals surface area contributed by atoms with Crippen LogP contribution >= 0.6 is 0 Å². The fourth-order valence-corrected chi connectivity index (χ4v) is 12.1. The molecule has 6 aliphatic carbocycles. The van der Waals surface area contributed by atoms with E-state index in [9.17, 15) is 0 Å². The van der Waals surface area contributed by atoms with Gasteiger partial charge in [-0.25, -0.2) is 0 Å². The van der Waals surface area contributed by atoms with Crippen LogP contribution in [0.5, 0.6) is 0 Å². The van der Waals surface area contributed by atoms with Crippen LogP contribution in [-0.2, 0) is 32.7 Å². The second-order valence-corrected chi connectivity index (χ2v) is 14.8. The van der Waals surface area contributed by atoms with Gasteiger partial charge in [-0.3, -0.25) is 0 Å². The molecule has 6 fully saturated rings. The minimum atomic E-state index is 0. The molecule has 0 aromatic heterocycles. The van der Waals surface area contributed by atoms with E-state index in [1.165, 1.54) is 64.2 Å². The Labute approximate surface area is 218 Å². The molecular formula is C30H47Y-. The number of allylic oxidation sites excluding steroid dienone is 1. The van der Waals surface area contributed by atoms with Crippen LogP contribution in [0.15, 0.2) is 12.2 Å². The van der Waals surface area contributed by atoms with Gasteiger partial charge in [-0.1, -0.05) is 72.5 Å². The van der Waals surface area contributed by atoms with Crippen LogP contribution in [0.4, 0.5) is 0 Å². The van der Waals surface area contributed by atoms with E-state index >= 15 is 0 Å². The van der Waals surface area contributed by atoms with Gasteiger partial charge in [0.05, 0.1) is 0 Å². The van der Waals surface area contributed by atoms with E-state index in [1.807, 2.05) is 0 Å². The zero-order valence-corrected chi connectivity index (χ0v) is 24.2. The summed E-state index contributed by atoms with van der Waals surface area (Å²) in [6, 6.07) is 0. The molecule has 1 radical (unpaired) electrons. The third kappa shape index (κ3) is 2.74. The molecule has 1 heteroatoms. The standard InChI is InChI=1S/C30H47.Y/c1-19-17-20-18-23-28(5)12-8-11-26(2,3)22(28)10-14-29(23,6)30(7)16-15-27(4)13-9-21(19)25(27)24(20)30;/h11,20-25H,1,8-10,12-18H2,2-7H3;/q-1;. The van der Waals surface area contributed by atoms with Gasteiger partial charge in [0.15, 0.2) is 0 Å². The van der Waals surface area contributed by atoms with Gasteiger partial charge >= 0.3 is 0 Å². The minimum Gasteiger partial charge on any atom is -0.323 e. The van der Waals surface area contributed by atoms with Crippen LogP contribution in [0.25, 0.3) is 0 Å². The van der Waals surface area contributed by atoms with Gasteiger partial charge in [-0.05, 0) is 96.2 Å². The first-order chi connectivity index (χ1) is 14.0. The van der Waals surface area contributed by atoms with Crippen molar-refractivity contribution >= 4 is 0 Å². The summed E-state index contributed by atoms with van der Waals surface area (Å²) < 4.78 is 0. The quantitative estimate of drug-likeness (QED) is 0.233. The predicted octanol–water partition coefficient (Wildman–Crippen LogP) is 8.48. The molecule has 0 aliphatic heterocycles. The Morgan fingerprint density at radius 3 is 2.29 bits per heavy atom. The fraction of sp³-hybridized carbons (Fsp3) is 0.900. The summed E-state index contributed by atoms with van der Waals surface area (Å²) in [5.41, 5.74) is 4.32. The van der Waals surface area contributed by atoms with Crippen LogP contribution in [-0.4, -0.2) is 0 Å². The van der Waals surface area contributed by atoms with Crippen LogP contribution < -0.4 is 0 Å². The molecule has 0 saturated heterocycles. The van der Waals surface area contributed by atoms with Gasteiger partial charge in [0.1, 0.15) is 0 Å². The monoisotopic (exact) mass is 496 g/mol. The predicted molar refractivity (Wildman–Crippen MR) is 127 cm³/mol. The molecule has 10 unspecified atom stereocenters. The van der Waals surface area contributed by atoms with Crippen molar-refractivity contribution in [1.82, 2.24) is 0 Å². The SMILES string of the molecule is C=C1CC2CC3C4(C)CC[CH-]C(C)(C)C4CCC3(C)C3(C)CCC4(C)CCC1C4C23.[Y]. The van der Waals surface area contributed by atoms with E-state index < -0.39 is 0 Å². The number of hydrogen-bond acceptors (Lipinski definition) is 0. The summed E-state index contributed by atoms with van der Waals surface area (Å²) in [7, 11) is 0. The molecule has 31 heavy (non-hydrogen) atoms. The Morgan fingerprint density at radius 1 is 0.806 bits per heavy atom. The van der Waals surface area contributed by atoms with Gasteiger partial charge in [-0.15, -0.1) is 0 Å². The summed E-state index contributed by atoms with van der Waals surface area (Å²) in [5, 5.41) is 0. The van der Waals surface area contributed by atoms with Crippen molar-refractivity contribution in [3.63, 3.8) is 0 Å². The Kier molecular flexibility index (Phi) is 5.29. The van der Waals surface area contributed by atoms with Crippen molar-refractivity contribution in [2.75, 3.05) is 0 Å². The number of hydrogen-bond donors (Lipinski definition) is 0. The first-order valence-corrected chi connectivity index (χ1v) is 13.5. The van der Waals surface area contributed by atoms with Gasteiger partial charge in [0.2, 0.25) is 0 Å². The molecule has 0 aromatic rings. The Bertz CT molecular complexity index is 781. The van der Waals surface area contributed by atoms with Crippen LogP contribution in [0.2, 0.25) is 0 Å². The van der Waals surface area contributed by atoms with Gasteiger partial charge in [0, 0.05) is 32.7 Å². The number of fused-ring (bicyclic) bond motifs is 4. The Hall–Kier alpha value is 0.844. The van der Waals surface area contributed by atoms with Crippen molar-refractivity contribution < 1.29 is 32.7 Å². The van der Waals surface area contributed by atoms with Crippen LogP contribution in [0.3, 0.4) is 0 Å². The molecule has 0 nitrogen and oxygen atoms in total. The molecule has 0 amide bonds. The van der Waals surface area contributed by atoms with E-state index in [0.29, 0.717) is 27.1 Å². The van der Waals surface area contributed by atoms with Crippen molar-refractivity contribution in [3.05, 3.63) is 18.6 Å². The number of rotatable bonds is 0. The van der Waals surface area contributed by atoms with Crippen molar-refractivity contribution in [2.24, 2.45) is 62.6 Å². The molecule has 171 valence electrons. The second-order valence-electron chi connectivity index (χ2n) is 14.8. The van der Waals surface area contributed by atoms with Gasteiger partial charge < -0.3 is 6.42 Å². The maximum atomic E-state index is 4.72. The van der Waals surface area contributed by atoms with Crippen LogP contribution in [0.1, 0.15) is 106 Å². The third-order valence-corrected chi connectivity index (χ3v) is 13.6. The van der Waals surface area contributed by atoms with E-state index in [-0.39, 0.29) is 32.7 Å². The maximum Gasteiger partial charge on any atom is 0 e. The molecule has 0 heterocycles. The molecule has 6 saturated carbocycles. The summed E-state index contributed by atoms with van der Waals surface area (Å²) in [6.45, 7) is 20.9. The maximum absolute atomic E-state index is 4.72. The van der Waals surface area contributed by atoms with E-state index in [4.69, 9.17) is 6.58 Å². The largest absolute Gasteiger partial charge is 0.323 e. The Morgan fingerprint density at radius 2 is 1.55 bits per heavy atom. The van der Waals surface area contributed by atoms with E-state index in [1.54, 1.807) is 5.57 Å². The van der Waals surface area contributed by atoms with E-state index in [2.05, 4.69) is 48.0 Å². The summed E-state index contributed by atoms with van der Waals surface area (Å²) in [6.07, 6.45) is 17.2. The molecule has 0 aromatic carbocycles. The molecule has 0 spiro atoms. The zero-order chi connectivity index (χ0) is 21.3. The average molecular weight is 497 g/mol. The summed E-state index contributed by atoms with van der Waals surface area (Å²) >= 11 is 0. The zero-order valence-electron chi connectivity index (χ0n) is 21.4. The second kappa shape index (κ2) is 6.96. The van der Waals surface area contributed by atoms with Crippen molar-refractivity contribution in [3.8, 4) is 0 Å². The topological polar surface area (TPSA) is 0 Å². The normalized spacial score (nSPS) is 59.1. The van der Waals surface area contributed by atoms with Crippen molar-refractivity contribution in [2.45, 2.75) is 106 Å². The smallest absolute Gasteiger partial charge is 0 e. The molecule has 0 N–H and O–H groups in total. The van der Waals surface area contributed by atoms with E-state index in [0.717, 1.165) is 35.5 Å². The molecule has 0 bridgehead atoms.